The first-order valence-corrected chi connectivity index (χ1v) is 7.16. The van der Waals surface area contributed by atoms with Gasteiger partial charge in [0.05, 0.1) is 5.56 Å². The van der Waals surface area contributed by atoms with Crippen LogP contribution in [-0.4, -0.2) is 26.0 Å². The zero-order valence-electron chi connectivity index (χ0n) is 13.1. The molecule has 24 heavy (non-hydrogen) atoms. The molecule has 0 aliphatic heterocycles. The lowest BCUT2D eigenvalue weighted by Crippen LogP contribution is -2.44. The summed E-state index contributed by atoms with van der Waals surface area (Å²) in [6, 6.07) is 6.66. The van der Waals surface area contributed by atoms with Gasteiger partial charge in [0.2, 0.25) is 0 Å². The molecule has 9 nitrogen and oxygen atoms in total. The summed E-state index contributed by atoms with van der Waals surface area (Å²) in [5.74, 6) is -0.0252. The highest BCUT2D eigenvalue weighted by Crippen LogP contribution is 2.12. The highest BCUT2D eigenvalue weighted by Gasteiger charge is 2.15. The molecule has 0 aliphatic rings. The Morgan fingerprint density at radius 2 is 2.04 bits per heavy atom. The number of fused-ring (bicyclic) bond motifs is 1. The van der Waals surface area contributed by atoms with E-state index in [1.807, 2.05) is 0 Å². The molecule has 0 aliphatic carbocycles. The van der Waals surface area contributed by atoms with Gasteiger partial charge in [0.1, 0.15) is 18.1 Å². The summed E-state index contributed by atoms with van der Waals surface area (Å²) in [4.78, 5) is 35.9. The van der Waals surface area contributed by atoms with Gasteiger partial charge in [-0.05, 0) is 32.0 Å². The van der Waals surface area contributed by atoms with Crippen molar-refractivity contribution in [2.24, 2.45) is 0 Å². The number of nitrogens with zero attached hydrogens (tertiary/aromatic N) is 3. The van der Waals surface area contributed by atoms with Gasteiger partial charge < -0.3 is 4.42 Å². The fourth-order valence-corrected chi connectivity index (χ4v) is 2.30. The Labute approximate surface area is 135 Å². The van der Waals surface area contributed by atoms with Crippen molar-refractivity contribution < 1.29 is 14.0 Å². The molecular weight excluding hydrogens is 314 g/mol. The molecule has 3 aromatic rings. The Morgan fingerprint density at radius 1 is 1.25 bits per heavy atom. The summed E-state index contributed by atoms with van der Waals surface area (Å²) in [6.07, 6.45) is 1.56. The van der Waals surface area contributed by atoms with Crippen LogP contribution in [0.1, 0.15) is 21.9 Å². The summed E-state index contributed by atoms with van der Waals surface area (Å²) >= 11 is 0. The van der Waals surface area contributed by atoms with Gasteiger partial charge in [0.25, 0.3) is 11.8 Å². The second-order valence-corrected chi connectivity index (χ2v) is 5.20. The Balaban J connectivity index is 1.65. The topological polar surface area (TPSA) is 111 Å². The van der Waals surface area contributed by atoms with E-state index in [1.165, 1.54) is 4.40 Å². The van der Waals surface area contributed by atoms with Crippen LogP contribution in [0.2, 0.25) is 0 Å². The van der Waals surface area contributed by atoms with E-state index in [4.69, 9.17) is 4.42 Å². The van der Waals surface area contributed by atoms with Crippen molar-refractivity contribution >= 4 is 17.5 Å². The first-order chi connectivity index (χ1) is 11.5. The van der Waals surface area contributed by atoms with Gasteiger partial charge in [0.15, 0.2) is 5.65 Å². The number of hydrogen-bond acceptors (Lipinski definition) is 5. The fourth-order valence-electron chi connectivity index (χ4n) is 2.30. The van der Waals surface area contributed by atoms with E-state index in [1.54, 1.807) is 44.3 Å². The predicted octanol–water partition coefficient (Wildman–Crippen LogP) is 0.167. The normalized spacial score (nSPS) is 10.8. The molecule has 0 spiro atoms. The number of rotatable bonds is 3. The molecule has 124 valence electrons. The second-order valence-electron chi connectivity index (χ2n) is 5.20. The van der Waals surface area contributed by atoms with Crippen LogP contribution in [0.4, 0.5) is 0 Å². The minimum Gasteiger partial charge on any atom is -0.466 e. The molecule has 3 rings (SSSR count). The van der Waals surface area contributed by atoms with Crippen LogP contribution in [0.3, 0.4) is 0 Å². The number of hydrogen-bond donors (Lipinski definition) is 2. The number of aromatic nitrogens is 3. The van der Waals surface area contributed by atoms with Crippen molar-refractivity contribution in [3.8, 4) is 0 Å². The van der Waals surface area contributed by atoms with Crippen molar-refractivity contribution in [2.75, 3.05) is 0 Å². The lowest BCUT2D eigenvalue weighted by Gasteiger charge is -2.06. The molecule has 3 heterocycles. The molecule has 0 atom stereocenters. The van der Waals surface area contributed by atoms with Crippen molar-refractivity contribution in [2.45, 2.75) is 20.4 Å². The molecule has 0 aromatic carbocycles. The van der Waals surface area contributed by atoms with Crippen molar-refractivity contribution in [3.05, 3.63) is 58.0 Å². The highest BCUT2D eigenvalue weighted by atomic mass is 16.3. The van der Waals surface area contributed by atoms with Crippen LogP contribution in [0.25, 0.3) is 5.65 Å². The van der Waals surface area contributed by atoms with Gasteiger partial charge >= 0.3 is 5.69 Å². The van der Waals surface area contributed by atoms with E-state index in [2.05, 4.69) is 16.0 Å². The molecule has 3 aromatic heterocycles. The standard InChI is InChI=1S/C15H15N5O4/c1-9-7-11(10(2)24-9)14(22)17-16-13(21)8-20-15(23)19-6-4-3-5-12(19)18-20/h3-7H,8H2,1-2H3,(H,16,21)(H,17,22). The molecule has 0 saturated heterocycles. The zero-order chi connectivity index (χ0) is 17.3. The highest BCUT2D eigenvalue weighted by molar-refractivity contribution is 5.96. The summed E-state index contributed by atoms with van der Waals surface area (Å²) < 4.78 is 7.60. The van der Waals surface area contributed by atoms with Crippen LogP contribution in [0.15, 0.2) is 39.7 Å². The van der Waals surface area contributed by atoms with Crippen LogP contribution in [0.5, 0.6) is 0 Å². The molecule has 0 saturated carbocycles. The van der Waals surface area contributed by atoms with Gasteiger partial charge in [-0.15, -0.1) is 5.10 Å². The van der Waals surface area contributed by atoms with Crippen LogP contribution < -0.4 is 16.5 Å². The van der Waals surface area contributed by atoms with Crippen molar-refractivity contribution in [3.63, 3.8) is 0 Å². The monoisotopic (exact) mass is 329 g/mol. The van der Waals surface area contributed by atoms with Crippen LogP contribution in [0, 0.1) is 13.8 Å². The van der Waals surface area contributed by atoms with E-state index >= 15 is 0 Å². The molecular formula is C15H15N5O4. The number of furan rings is 1. The maximum absolute atomic E-state index is 12.1. The average molecular weight is 329 g/mol. The smallest absolute Gasteiger partial charge is 0.350 e. The number of nitrogens with one attached hydrogen (secondary N) is 2. The van der Waals surface area contributed by atoms with E-state index in [-0.39, 0.29) is 6.54 Å². The van der Waals surface area contributed by atoms with E-state index in [9.17, 15) is 14.4 Å². The van der Waals surface area contributed by atoms with E-state index in [0.29, 0.717) is 22.7 Å². The Hall–Kier alpha value is -3.36. The largest absolute Gasteiger partial charge is 0.466 e. The minimum atomic E-state index is -0.577. The van der Waals surface area contributed by atoms with Gasteiger partial charge in [-0.1, -0.05) is 6.07 Å². The first-order valence-electron chi connectivity index (χ1n) is 7.16. The molecule has 0 radical (unpaired) electrons. The quantitative estimate of drug-likeness (QED) is 0.665. The Bertz CT molecular complexity index is 981. The Morgan fingerprint density at radius 3 is 2.71 bits per heavy atom. The van der Waals surface area contributed by atoms with Crippen LogP contribution in [-0.2, 0) is 11.3 Å². The predicted molar refractivity (Wildman–Crippen MR) is 83.2 cm³/mol. The zero-order valence-corrected chi connectivity index (χ0v) is 13.1. The van der Waals surface area contributed by atoms with Gasteiger partial charge in [-0.2, -0.15) is 0 Å². The molecule has 0 fully saturated rings. The summed E-state index contributed by atoms with van der Waals surface area (Å²) in [7, 11) is 0. The average Bonchev–Trinajstić information content (AvgIpc) is 3.05. The fraction of sp³-hybridized carbons (Fsp3) is 0.200. The summed E-state index contributed by atoms with van der Waals surface area (Å²) in [5.41, 5.74) is 4.85. The van der Waals surface area contributed by atoms with Crippen molar-refractivity contribution in [1.82, 2.24) is 25.0 Å². The third-order valence-corrected chi connectivity index (χ3v) is 3.38. The van der Waals surface area contributed by atoms with E-state index in [0.717, 1.165) is 4.68 Å². The number of hydrazine groups is 1. The number of aryl methyl sites for hydroxylation is 2. The molecule has 2 N–H and O–H groups in total. The number of carbonyl (C=O) groups is 2. The maximum Gasteiger partial charge on any atom is 0.350 e. The molecule has 0 bridgehead atoms. The van der Waals surface area contributed by atoms with Gasteiger partial charge in [0, 0.05) is 6.20 Å². The minimum absolute atomic E-state index is 0.315. The van der Waals surface area contributed by atoms with Crippen LogP contribution >= 0.6 is 0 Å². The molecule has 0 unspecified atom stereocenters. The van der Waals surface area contributed by atoms with Gasteiger partial charge in [-0.3, -0.25) is 24.8 Å². The number of amides is 2. The lowest BCUT2D eigenvalue weighted by molar-refractivity contribution is -0.122. The summed E-state index contributed by atoms with van der Waals surface area (Å²) in [6.45, 7) is 3.06. The number of pyridine rings is 1. The van der Waals surface area contributed by atoms with E-state index < -0.39 is 17.5 Å². The lowest BCUT2D eigenvalue weighted by atomic mass is 10.2. The Kier molecular flexibility index (Phi) is 3.90. The second kappa shape index (κ2) is 6.03. The van der Waals surface area contributed by atoms with Gasteiger partial charge in [-0.25, -0.2) is 9.48 Å². The SMILES string of the molecule is Cc1cc(C(=O)NNC(=O)Cn2nc3ccccn3c2=O)c(C)o1. The molecule has 2 amide bonds. The third-order valence-electron chi connectivity index (χ3n) is 3.38. The first kappa shape index (κ1) is 15.5. The molecule has 9 heteroatoms. The summed E-state index contributed by atoms with van der Waals surface area (Å²) in [5, 5.41) is 4.03. The third kappa shape index (κ3) is 2.91. The van der Waals surface area contributed by atoms with Crippen molar-refractivity contribution in [1.29, 1.82) is 0 Å². The maximum atomic E-state index is 12.1. The number of carbonyl (C=O) groups excluding carboxylic acids is 2.